The number of hydrogen-bond acceptors (Lipinski definition) is 0. The second-order valence-corrected chi connectivity index (χ2v) is 14.7. The molecule has 9 atom stereocenters. The lowest BCUT2D eigenvalue weighted by molar-refractivity contribution is -0.149. The Morgan fingerprint density at radius 2 is 1.52 bits per heavy atom. The summed E-state index contributed by atoms with van der Waals surface area (Å²) in [5.74, 6) is 4.78. The van der Waals surface area contributed by atoms with Crippen molar-refractivity contribution < 1.29 is 0 Å². The van der Waals surface area contributed by atoms with E-state index in [1.807, 2.05) is 0 Å². The Labute approximate surface area is 194 Å². The second kappa shape index (κ2) is 6.88. The molecule has 0 aromatic rings. The maximum absolute atomic E-state index is 2.80. The Bertz CT molecular complexity index is 754. The summed E-state index contributed by atoms with van der Waals surface area (Å²) in [5, 5.41) is 0. The van der Waals surface area contributed by atoms with E-state index in [-0.39, 0.29) is 0 Å². The van der Waals surface area contributed by atoms with Crippen molar-refractivity contribution in [3.05, 3.63) is 11.6 Å². The Morgan fingerprint density at radius 1 is 0.839 bits per heavy atom. The first-order chi connectivity index (χ1) is 14.4. The van der Waals surface area contributed by atoms with Crippen LogP contribution in [0.15, 0.2) is 11.6 Å². The first-order valence-electron chi connectivity index (χ1n) is 14.1. The van der Waals surface area contributed by atoms with Crippen molar-refractivity contribution in [2.45, 2.75) is 126 Å². The van der Waals surface area contributed by atoms with Gasteiger partial charge in [-0.05, 0) is 141 Å². The molecule has 5 fully saturated rings. The van der Waals surface area contributed by atoms with Crippen molar-refractivity contribution in [2.24, 2.45) is 56.7 Å². The van der Waals surface area contributed by atoms with Crippen molar-refractivity contribution in [3.8, 4) is 0 Å². The number of hydrogen-bond donors (Lipinski definition) is 0. The molecule has 0 heteroatoms. The van der Waals surface area contributed by atoms with Crippen molar-refractivity contribution in [3.63, 3.8) is 0 Å². The molecule has 0 amide bonds. The van der Waals surface area contributed by atoms with E-state index in [9.17, 15) is 0 Å². The van der Waals surface area contributed by atoms with Gasteiger partial charge >= 0.3 is 0 Å². The normalized spacial score (nSPS) is 52.9. The standard InChI is InChI=1S/C31H52/c1-21(2)10-9-11-22(3)24-15-16-29(8)26-13-12-25-27(5,6)23(4)14-17-30(25)20-31(26,30)19-18-28(24,29)7/h10,22-26H,9,11-20H2,1-8H3. The van der Waals surface area contributed by atoms with E-state index in [2.05, 4.69) is 61.5 Å². The molecular formula is C31H52. The SMILES string of the molecule is CC(C)=CCCC(C)C1CCC2(C)C3CCC4C(C)(C)C(C)CCC45CC35CCC12C. The summed E-state index contributed by atoms with van der Waals surface area (Å²) in [5.41, 5.74) is 4.72. The maximum atomic E-state index is 2.80. The zero-order valence-electron chi connectivity index (χ0n) is 22.2. The second-order valence-electron chi connectivity index (χ2n) is 14.7. The molecule has 0 saturated heterocycles. The van der Waals surface area contributed by atoms with Gasteiger partial charge in [-0.2, -0.15) is 0 Å². The predicted molar refractivity (Wildman–Crippen MR) is 134 cm³/mol. The minimum absolute atomic E-state index is 0.562. The van der Waals surface area contributed by atoms with Crippen LogP contribution in [-0.4, -0.2) is 0 Å². The number of allylic oxidation sites excluding steroid dienone is 2. The van der Waals surface area contributed by atoms with Crippen LogP contribution in [0.25, 0.3) is 0 Å². The lowest BCUT2D eigenvalue weighted by atomic mass is 9.41. The van der Waals surface area contributed by atoms with E-state index in [1.165, 1.54) is 50.5 Å². The van der Waals surface area contributed by atoms with Gasteiger partial charge in [0.15, 0.2) is 0 Å². The van der Waals surface area contributed by atoms with Gasteiger partial charge in [0.1, 0.15) is 0 Å². The fourth-order valence-electron chi connectivity index (χ4n) is 11.3. The average Bonchev–Trinajstić information content (AvgIpc) is 3.27. The molecule has 5 aliphatic carbocycles. The predicted octanol–water partition coefficient (Wildman–Crippen LogP) is 9.44. The van der Waals surface area contributed by atoms with Gasteiger partial charge < -0.3 is 0 Å². The van der Waals surface area contributed by atoms with Crippen LogP contribution in [0.1, 0.15) is 126 Å². The highest BCUT2D eigenvalue weighted by molar-refractivity contribution is 5.30. The van der Waals surface area contributed by atoms with Gasteiger partial charge in [-0.15, -0.1) is 0 Å². The number of fused-ring (bicyclic) bond motifs is 2. The van der Waals surface area contributed by atoms with Crippen LogP contribution < -0.4 is 0 Å². The summed E-state index contributed by atoms with van der Waals surface area (Å²) in [4.78, 5) is 0. The molecule has 5 aliphatic rings. The minimum atomic E-state index is 0.562. The fourth-order valence-corrected chi connectivity index (χ4v) is 11.3. The highest BCUT2D eigenvalue weighted by Crippen LogP contribution is 2.89. The lowest BCUT2D eigenvalue weighted by Gasteiger charge is -2.63. The summed E-state index contributed by atoms with van der Waals surface area (Å²) in [6, 6.07) is 0. The van der Waals surface area contributed by atoms with E-state index >= 15 is 0 Å². The third kappa shape index (κ3) is 2.72. The molecule has 0 heterocycles. The summed E-state index contributed by atoms with van der Waals surface area (Å²) in [6.45, 7) is 20.5. The van der Waals surface area contributed by atoms with Gasteiger partial charge in [-0.25, -0.2) is 0 Å². The van der Waals surface area contributed by atoms with Gasteiger partial charge in [0.25, 0.3) is 0 Å². The van der Waals surface area contributed by atoms with Gasteiger partial charge in [0.2, 0.25) is 0 Å². The van der Waals surface area contributed by atoms with Gasteiger partial charge in [-0.3, -0.25) is 0 Å². The van der Waals surface area contributed by atoms with Crippen LogP contribution in [0.4, 0.5) is 0 Å². The van der Waals surface area contributed by atoms with Gasteiger partial charge in [-0.1, -0.05) is 53.2 Å². The summed E-state index contributed by atoms with van der Waals surface area (Å²) < 4.78 is 0. The van der Waals surface area contributed by atoms with Crippen molar-refractivity contribution in [1.82, 2.24) is 0 Å². The molecule has 0 nitrogen and oxygen atoms in total. The third-order valence-electron chi connectivity index (χ3n) is 13.6. The topological polar surface area (TPSA) is 0 Å². The van der Waals surface area contributed by atoms with E-state index < -0.39 is 0 Å². The van der Waals surface area contributed by atoms with Crippen molar-refractivity contribution in [1.29, 1.82) is 0 Å². The van der Waals surface area contributed by atoms with Crippen LogP contribution in [0.2, 0.25) is 0 Å². The molecule has 0 bridgehead atoms. The van der Waals surface area contributed by atoms with E-state index in [0.29, 0.717) is 16.2 Å². The van der Waals surface area contributed by atoms with Crippen LogP contribution >= 0.6 is 0 Å². The highest BCUT2D eigenvalue weighted by Gasteiger charge is 2.81. The molecule has 0 aromatic carbocycles. The Balaban J connectivity index is 1.41. The van der Waals surface area contributed by atoms with Crippen LogP contribution in [0.5, 0.6) is 0 Å². The molecule has 31 heavy (non-hydrogen) atoms. The maximum Gasteiger partial charge on any atom is -0.0198 e. The molecule has 2 spiro atoms. The Kier molecular flexibility index (Phi) is 5.00. The molecular weight excluding hydrogens is 372 g/mol. The first kappa shape index (κ1) is 22.5. The van der Waals surface area contributed by atoms with E-state index in [1.54, 1.807) is 25.7 Å². The van der Waals surface area contributed by atoms with Crippen molar-refractivity contribution in [2.75, 3.05) is 0 Å². The molecule has 5 saturated carbocycles. The van der Waals surface area contributed by atoms with Crippen LogP contribution in [-0.2, 0) is 0 Å². The highest BCUT2D eigenvalue weighted by atomic mass is 14.9. The van der Waals surface area contributed by atoms with Crippen LogP contribution in [0.3, 0.4) is 0 Å². The lowest BCUT2D eigenvalue weighted by Crippen LogP contribution is -2.56. The smallest absolute Gasteiger partial charge is 0.0198 e. The summed E-state index contributed by atoms with van der Waals surface area (Å²) in [7, 11) is 0. The van der Waals surface area contributed by atoms with E-state index in [0.717, 1.165) is 40.4 Å². The molecule has 0 aromatic heterocycles. The van der Waals surface area contributed by atoms with Crippen molar-refractivity contribution >= 4 is 0 Å². The molecule has 0 aliphatic heterocycles. The summed E-state index contributed by atoms with van der Waals surface area (Å²) >= 11 is 0. The fraction of sp³-hybridized carbons (Fsp3) is 0.935. The summed E-state index contributed by atoms with van der Waals surface area (Å²) in [6.07, 6.45) is 19.1. The zero-order valence-corrected chi connectivity index (χ0v) is 22.2. The quantitative estimate of drug-likeness (QED) is 0.394. The molecule has 0 N–H and O–H groups in total. The van der Waals surface area contributed by atoms with Gasteiger partial charge in [0.05, 0.1) is 0 Å². The van der Waals surface area contributed by atoms with Crippen LogP contribution in [0, 0.1) is 56.7 Å². The Morgan fingerprint density at radius 3 is 2.23 bits per heavy atom. The van der Waals surface area contributed by atoms with Gasteiger partial charge in [0, 0.05) is 0 Å². The minimum Gasteiger partial charge on any atom is -0.0859 e. The molecule has 0 radical (unpaired) electrons. The zero-order chi connectivity index (χ0) is 22.4. The molecule has 176 valence electrons. The number of rotatable bonds is 4. The molecule has 5 rings (SSSR count). The van der Waals surface area contributed by atoms with E-state index in [4.69, 9.17) is 0 Å². The molecule has 9 unspecified atom stereocenters. The third-order valence-corrected chi connectivity index (χ3v) is 13.6. The first-order valence-corrected chi connectivity index (χ1v) is 14.1. The monoisotopic (exact) mass is 424 g/mol. The Hall–Kier alpha value is -0.260. The average molecular weight is 425 g/mol. The largest absolute Gasteiger partial charge is 0.0859 e.